The smallest absolute Gasteiger partial charge is 0.327 e. The van der Waals surface area contributed by atoms with Gasteiger partial charge in [-0.3, -0.25) is 0 Å². The zero-order chi connectivity index (χ0) is 14.9. The Kier molecular flexibility index (Phi) is 4.22. The van der Waals surface area contributed by atoms with E-state index in [4.69, 9.17) is 5.73 Å². The number of urea groups is 1. The number of carbonyl (C=O) groups is 2. The van der Waals surface area contributed by atoms with Gasteiger partial charge in [0.15, 0.2) is 0 Å². The first-order valence-electron chi connectivity index (χ1n) is 7.37. The maximum absolute atomic E-state index is 12.6. The maximum Gasteiger partial charge on any atom is 0.327 e. The van der Waals surface area contributed by atoms with E-state index in [-0.39, 0.29) is 17.5 Å². The van der Waals surface area contributed by atoms with Crippen LogP contribution in [0.5, 0.6) is 0 Å². The van der Waals surface area contributed by atoms with Crippen LogP contribution in [0.1, 0.15) is 39.5 Å². The van der Waals surface area contributed by atoms with Crippen LogP contribution in [-0.4, -0.2) is 58.6 Å². The van der Waals surface area contributed by atoms with Crippen LogP contribution in [0.15, 0.2) is 0 Å². The highest BCUT2D eigenvalue weighted by molar-refractivity contribution is 5.83. The second-order valence-electron chi connectivity index (χ2n) is 6.63. The van der Waals surface area contributed by atoms with Crippen molar-refractivity contribution in [1.82, 2.24) is 9.80 Å². The van der Waals surface area contributed by atoms with Crippen molar-refractivity contribution in [3.05, 3.63) is 0 Å². The van der Waals surface area contributed by atoms with Crippen LogP contribution in [0.2, 0.25) is 0 Å². The van der Waals surface area contributed by atoms with Gasteiger partial charge >= 0.3 is 12.0 Å². The lowest BCUT2D eigenvalue weighted by Gasteiger charge is -2.46. The Labute approximate surface area is 119 Å². The molecule has 0 bridgehead atoms. The van der Waals surface area contributed by atoms with Crippen LogP contribution in [-0.2, 0) is 4.79 Å². The Hall–Kier alpha value is -1.30. The Morgan fingerprint density at radius 2 is 1.80 bits per heavy atom. The second-order valence-corrected chi connectivity index (χ2v) is 6.63. The molecule has 2 saturated heterocycles. The number of nitrogens with two attached hydrogens (primary N) is 1. The number of aliphatic carboxylic acids is 1. The van der Waals surface area contributed by atoms with Crippen LogP contribution >= 0.6 is 0 Å². The van der Waals surface area contributed by atoms with Gasteiger partial charge in [-0.05, 0) is 31.1 Å². The van der Waals surface area contributed by atoms with E-state index in [1.54, 1.807) is 9.80 Å². The molecule has 1 unspecified atom stereocenters. The van der Waals surface area contributed by atoms with Crippen LogP contribution < -0.4 is 5.73 Å². The lowest BCUT2D eigenvalue weighted by Crippen LogP contribution is -2.60. The molecule has 2 rings (SSSR count). The first kappa shape index (κ1) is 15.1. The number of carboxylic acid groups (broad SMARTS) is 1. The SMILES string of the molecule is CC1(C)CCCN(C(=O)N2CCC(N)CC2)C1C(=O)O. The van der Waals surface area contributed by atoms with E-state index >= 15 is 0 Å². The van der Waals surface area contributed by atoms with Crippen LogP contribution in [0.4, 0.5) is 4.79 Å². The van der Waals surface area contributed by atoms with Crippen LogP contribution in [0.25, 0.3) is 0 Å². The predicted molar refractivity (Wildman–Crippen MR) is 75.3 cm³/mol. The zero-order valence-corrected chi connectivity index (χ0v) is 12.3. The van der Waals surface area contributed by atoms with E-state index < -0.39 is 12.0 Å². The van der Waals surface area contributed by atoms with Gasteiger partial charge in [-0.25, -0.2) is 9.59 Å². The Morgan fingerprint density at radius 1 is 1.20 bits per heavy atom. The van der Waals surface area contributed by atoms with Gasteiger partial charge in [-0.2, -0.15) is 0 Å². The molecule has 0 radical (unpaired) electrons. The number of nitrogens with zero attached hydrogens (tertiary/aromatic N) is 2. The van der Waals surface area contributed by atoms with E-state index in [1.807, 2.05) is 13.8 Å². The lowest BCUT2D eigenvalue weighted by molar-refractivity contribution is -0.148. The molecule has 0 saturated carbocycles. The molecule has 2 fully saturated rings. The summed E-state index contributed by atoms with van der Waals surface area (Å²) in [7, 11) is 0. The maximum atomic E-state index is 12.6. The van der Waals surface area contributed by atoms with E-state index in [0.717, 1.165) is 25.7 Å². The number of likely N-dealkylation sites (tertiary alicyclic amines) is 2. The number of hydrogen-bond donors (Lipinski definition) is 2. The summed E-state index contributed by atoms with van der Waals surface area (Å²) < 4.78 is 0. The first-order chi connectivity index (χ1) is 9.33. The third-order valence-electron chi connectivity index (χ3n) is 4.56. The second kappa shape index (κ2) is 5.60. The summed E-state index contributed by atoms with van der Waals surface area (Å²) in [6.07, 6.45) is 3.27. The Bertz CT molecular complexity index is 389. The molecule has 6 nitrogen and oxygen atoms in total. The van der Waals surface area contributed by atoms with Crippen molar-refractivity contribution in [2.75, 3.05) is 19.6 Å². The molecule has 0 aromatic carbocycles. The average Bonchev–Trinajstić information content (AvgIpc) is 2.36. The van der Waals surface area contributed by atoms with Crippen molar-refractivity contribution in [2.24, 2.45) is 11.1 Å². The summed E-state index contributed by atoms with van der Waals surface area (Å²) in [5.74, 6) is -0.906. The monoisotopic (exact) mass is 283 g/mol. The van der Waals surface area contributed by atoms with Crippen LogP contribution in [0.3, 0.4) is 0 Å². The minimum atomic E-state index is -0.906. The van der Waals surface area contributed by atoms with Gasteiger partial charge in [-0.15, -0.1) is 0 Å². The van der Waals surface area contributed by atoms with Gasteiger partial charge < -0.3 is 20.6 Å². The van der Waals surface area contributed by atoms with Gasteiger partial charge in [0.2, 0.25) is 0 Å². The minimum absolute atomic E-state index is 0.142. The molecule has 6 heteroatoms. The third-order valence-corrected chi connectivity index (χ3v) is 4.56. The van der Waals surface area contributed by atoms with E-state index in [1.165, 1.54) is 0 Å². The first-order valence-corrected chi connectivity index (χ1v) is 7.37. The molecule has 20 heavy (non-hydrogen) atoms. The molecule has 114 valence electrons. The summed E-state index contributed by atoms with van der Waals surface area (Å²) in [6.45, 7) is 5.64. The number of carbonyl (C=O) groups excluding carboxylic acids is 1. The highest BCUT2D eigenvalue weighted by Crippen LogP contribution is 2.36. The number of rotatable bonds is 1. The number of piperidine rings is 2. The molecule has 0 aromatic heterocycles. The summed E-state index contributed by atoms with van der Waals surface area (Å²) in [5.41, 5.74) is 5.47. The molecule has 0 aliphatic carbocycles. The molecule has 2 amide bonds. The highest BCUT2D eigenvalue weighted by Gasteiger charge is 2.45. The molecule has 2 aliphatic rings. The summed E-state index contributed by atoms with van der Waals surface area (Å²) >= 11 is 0. The van der Waals surface area contributed by atoms with Crippen molar-refractivity contribution < 1.29 is 14.7 Å². The van der Waals surface area contributed by atoms with Crippen molar-refractivity contribution >= 4 is 12.0 Å². The Balaban J connectivity index is 2.12. The molecule has 3 N–H and O–H groups in total. The predicted octanol–water partition coefficient (Wildman–Crippen LogP) is 1.10. The van der Waals surface area contributed by atoms with Gasteiger partial charge in [-0.1, -0.05) is 13.8 Å². The average molecular weight is 283 g/mol. The van der Waals surface area contributed by atoms with E-state index in [9.17, 15) is 14.7 Å². The quantitative estimate of drug-likeness (QED) is 0.754. The standard InChI is InChI=1S/C14H25N3O3/c1-14(2)6-3-7-17(11(14)12(18)19)13(20)16-8-4-10(15)5-9-16/h10-11H,3-9,15H2,1-2H3,(H,18,19). The van der Waals surface area contributed by atoms with E-state index in [0.29, 0.717) is 19.6 Å². The van der Waals surface area contributed by atoms with Crippen molar-refractivity contribution in [3.8, 4) is 0 Å². The molecular weight excluding hydrogens is 258 g/mol. The summed E-state index contributed by atoms with van der Waals surface area (Å²) in [5, 5.41) is 9.50. The largest absolute Gasteiger partial charge is 0.480 e. The fraction of sp³-hybridized carbons (Fsp3) is 0.857. The van der Waals surface area contributed by atoms with Gasteiger partial charge in [0.1, 0.15) is 6.04 Å². The lowest BCUT2D eigenvalue weighted by atomic mass is 9.76. The fourth-order valence-electron chi connectivity index (χ4n) is 3.34. The highest BCUT2D eigenvalue weighted by atomic mass is 16.4. The normalized spacial score (nSPS) is 27.4. The molecule has 0 spiro atoms. The van der Waals surface area contributed by atoms with Gasteiger partial charge in [0.05, 0.1) is 0 Å². The molecule has 1 atom stereocenters. The molecular formula is C14H25N3O3. The summed E-state index contributed by atoms with van der Waals surface area (Å²) in [6, 6.07) is -0.719. The van der Waals surface area contributed by atoms with Crippen molar-refractivity contribution in [3.63, 3.8) is 0 Å². The van der Waals surface area contributed by atoms with Gasteiger partial charge in [0, 0.05) is 25.7 Å². The molecule has 2 heterocycles. The Morgan fingerprint density at radius 3 is 2.35 bits per heavy atom. The molecule has 2 aliphatic heterocycles. The summed E-state index contributed by atoms with van der Waals surface area (Å²) in [4.78, 5) is 27.5. The number of hydrogen-bond acceptors (Lipinski definition) is 3. The minimum Gasteiger partial charge on any atom is -0.480 e. The van der Waals surface area contributed by atoms with Gasteiger partial charge in [0.25, 0.3) is 0 Å². The van der Waals surface area contributed by atoms with Crippen molar-refractivity contribution in [1.29, 1.82) is 0 Å². The number of amides is 2. The third kappa shape index (κ3) is 2.90. The van der Waals surface area contributed by atoms with E-state index in [2.05, 4.69) is 0 Å². The van der Waals surface area contributed by atoms with Crippen molar-refractivity contribution in [2.45, 2.75) is 51.6 Å². The fourth-order valence-corrected chi connectivity index (χ4v) is 3.34. The topological polar surface area (TPSA) is 86.9 Å². The number of carboxylic acids is 1. The molecule has 0 aromatic rings. The van der Waals surface area contributed by atoms with Crippen LogP contribution in [0, 0.1) is 5.41 Å². The zero-order valence-electron chi connectivity index (χ0n) is 12.3.